The van der Waals surface area contributed by atoms with E-state index in [1.54, 1.807) is 6.07 Å². The molecule has 5 nitrogen and oxygen atoms in total. The molecule has 1 aromatic carbocycles. The average molecular weight is 288 g/mol. The SMILES string of the molecule is NC(=O)c1cc(N)ccc1N1CCC(N2CCCCC2)C1. The molecule has 2 aliphatic heterocycles. The Morgan fingerprint density at radius 2 is 1.90 bits per heavy atom. The summed E-state index contributed by atoms with van der Waals surface area (Å²) in [5, 5.41) is 0. The fourth-order valence-corrected chi connectivity index (χ4v) is 3.57. The van der Waals surface area contributed by atoms with E-state index >= 15 is 0 Å². The average Bonchev–Trinajstić information content (AvgIpc) is 2.97. The largest absolute Gasteiger partial charge is 0.399 e. The Bertz CT molecular complexity index is 525. The summed E-state index contributed by atoms with van der Waals surface area (Å²) in [6, 6.07) is 6.05. The molecule has 1 unspecified atom stereocenters. The Hall–Kier alpha value is -1.75. The van der Waals surface area contributed by atoms with E-state index in [0.29, 0.717) is 17.3 Å². The molecule has 4 N–H and O–H groups in total. The molecule has 0 saturated carbocycles. The molecule has 0 radical (unpaired) electrons. The fourth-order valence-electron chi connectivity index (χ4n) is 3.57. The first-order chi connectivity index (χ1) is 10.1. The highest BCUT2D eigenvalue weighted by atomic mass is 16.1. The van der Waals surface area contributed by atoms with Crippen LogP contribution in [0.15, 0.2) is 18.2 Å². The third-order valence-corrected chi connectivity index (χ3v) is 4.70. The van der Waals surface area contributed by atoms with Gasteiger partial charge in [0, 0.05) is 30.5 Å². The number of hydrogen-bond acceptors (Lipinski definition) is 4. The molecule has 2 fully saturated rings. The predicted molar refractivity (Wildman–Crippen MR) is 85.4 cm³/mol. The molecule has 0 bridgehead atoms. The van der Waals surface area contributed by atoms with Crippen LogP contribution < -0.4 is 16.4 Å². The lowest BCUT2D eigenvalue weighted by Crippen LogP contribution is -2.41. The first-order valence-electron chi connectivity index (χ1n) is 7.83. The molecule has 5 heteroatoms. The Morgan fingerprint density at radius 1 is 1.14 bits per heavy atom. The standard InChI is InChI=1S/C16H24N4O/c17-12-4-5-15(14(10-12)16(18)21)20-9-6-13(11-20)19-7-2-1-3-8-19/h4-5,10,13H,1-3,6-9,11,17H2,(H2,18,21). The van der Waals surface area contributed by atoms with Crippen LogP contribution in [0.4, 0.5) is 11.4 Å². The highest BCUT2D eigenvalue weighted by Crippen LogP contribution is 2.28. The highest BCUT2D eigenvalue weighted by Gasteiger charge is 2.30. The van der Waals surface area contributed by atoms with Crippen molar-refractivity contribution in [1.29, 1.82) is 0 Å². The quantitative estimate of drug-likeness (QED) is 0.825. The van der Waals surface area contributed by atoms with Crippen molar-refractivity contribution in [2.24, 2.45) is 5.73 Å². The van der Waals surface area contributed by atoms with Crippen molar-refractivity contribution in [2.45, 2.75) is 31.7 Å². The van der Waals surface area contributed by atoms with Gasteiger partial charge in [0.05, 0.1) is 5.56 Å². The van der Waals surface area contributed by atoms with E-state index in [-0.39, 0.29) is 0 Å². The number of likely N-dealkylation sites (tertiary alicyclic amines) is 1. The van der Waals surface area contributed by atoms with Crippen molar-refractivity contribution in [3.63, 3.8) is 0 Å². The van der Waals surface area contributed by atoms with E-state index in [9.17, 15) is 4.79 Å². The summed E-state index contributed by atoms with van der Waals surface area (Å²) in [6.45, 7) is 4.38. The number of amides is 1. The number of hydrogen-bond donors (Lipinski definition) is 2. The minimum atomic E-state index is -0.404. The van der Waals surface area contributed by atoms with E-state index in [1.165, 1.54) is 32.4 Å². The lowest BCUT2D eigenvalue weighted by atomic mass is 10.1. The van der Waals surface area contributed by atoms with Crippen LogP contribution in [0.3, 0.4) is 0 Å². The number of piperidine rings is 1. The van der Waals surface area contributed by atoms with E-state index in [4.69, 9.17) is 11.5 Å². The third-order valence-electron chi connectivity index (χ3n) is 4.70. The maximum Gasteiger partial charge on any atom is 0.250 e. The number of rotatable bonds is 3. The second-order valence-corrected chi connectivity index (χ2v) is 6.13. The van der Waals surface area contributed by atoms with Gasteiger partial charge in [-0.15, -0.1) is 0 Å². The Kier molecular flexibility index (Phi) is 4.01. The summed E-state index contributed by atoms with van der Waals surface area (Å²) in [5.41, 5.74) is 13.3. The summed E-state index contributed by atoms with van der Waals surface area (Å²) in [6.07, 6.45) is 5.13. The van der Waals surface area contributed by atoms with Gasteiger partial charge in [-0.25, -0.2) is 0 Å². The van der Waals surface area contributed by atoms with Gasteiger partial charge in [0.15, 0.2) is 0 Å². The number of anilines is 2. The number of nitrogens with zero attached hydrogens (tertiary/aromatic N) is 2. The summed E-state index contributed by atoms with van der Waals surface area (Å²) in [4.78, 5) is 16.5. The molecule has 1 atom stereocenters. The van der Waals surface area contributed by atoms with Crippen LogP contribution in [-0.2, 0) is 0 Å². The van der Waals surface area contributed by atoms with Gasteiger partial charge >= 0.3 is 0 Å². The molecule has 1 amide bonds. The molecule has 2 aliphatic rings. The van der Waals surface area contributed by atoms with Crippen LogP contribution in [0.2, 0.25) is 0 Å². The van der Waals surface area contributed by atoms with Gasteiger partial charge in [-0.3, -0.25) is 9.69 Å². The fraction of sp³-hybridized carbons (Fsp3) is 0.562. The maximum absolute atomic E-state index is 11.6. The zero-order valence-corrected chi connectivity index (χ0v) is 12.4. The smallest absolute Gasteiger partial charge is 0.250 e. The van der Waals surface area contributed by atoms with Gasteiger partial charge in [0.25, 0.3) is 5.91 Å². The number of nitrogens with two attached hydrogens (primary N) is 2. The molecule has 1 aromatic rings. The van der Waals surface area contributed by atoms with E-state index in [0.717, 1.165) is 25.2 Å². The second kappa shape index (κ2) is 5.93. The van der Waals surface area contributed by atoms with Crippen molar-refractivity contribution in [1.82, 2.24) is 4.90 Å². The maximum atomic E-state index is 11.6. The minimum absolute atomic E-state index is 0.404. The molecule has 0 aliphatic carbocycles. The molecule has 2 heterocycles. The lowest BCUT2D eigenvalue weighted by molar-refractivity contribution is 0.100. The number of primary amides is 1. The van der Waals surface area contributed by atoms with E-state index < -0.39 is 5.91 Å². The first kappa shape index (κ1) is 14.2. The molecule has 114 valence electrons. The second-order valence-electron chi connectivity index (χ2n) is 6.13. The molecular formula is C16H24N4O. The van der Waals surface area contributed by atoms with Gasteiger partial charge in [-0.05, 0) is 50.6 Å². The molecule has 3 rings (SSSR count). The summed E-state index contributed by atoms with van der Waals surface area (Å²) in [5.74, 6) is -0.404. The van der Waals surface area contributed by atoms with Gasteiger partial charge in [0.2, 0.25) is 0 Å². The van der Waals surface area contributed by atoms with Crippen LogP contribution in [0.25, 0.3) is 0 Å². The van der Waals surface area contributed by atoms with Crippen molar-refractivity contribution in [3.05, 3.63) is 23.8 Å². The predicted octanol–water partition coefficient (Wildman–Crippen LogP) is 1.43. The first-order valence-corrected chi connectivity index (χ1v) is 7.83. The van der Waals surface area contributed by atoms with Crippen LogP contribution in [0, 0.1) is 0 Å². The molecule has 2 saturated heterocycles. The van der Waals surface area contributed by atoms with Crippen LogP contribution in [0.5, 0.6) is 0 Å². The van der Waals surface area contributed by atoms with Crippen LogP contribution in [-0.4, -0.2) is 43.0 Å². The van der Waals surface area contributed by atoms with Crippen molar-refractivity contribution < 1.29 is 4.79 Å². The summed E-state index contributed by atoms with van der Waals surface area (Å²) in [7, 11) is 0. The number of nitrogen functional groups attached to an aromatic ring is 1. The zero-order valence-electron chi connectivity index (χ0n) is 12.4. The minimum Gasteiger partial charge on any atom is -0.399 e. The van der Waals surface area contributed by atoms with Gasteiger partial charge in [-0.1, -0.05) is 6.42 Å². The van der Waals surface area contributed by atoms with Gasteiger partial charge < -0.3 is 16.4 Å². The van der Waals surface area contributed by atoms with Crippen molar-refractivity contribution in [3.8, 4) is 0 Å². The Labute approximate surface area is 125 Å². The topological polar surface area (TPSA) is 75.6 Å². The number of benzene rings is 1. The highest BCUT2D eigenvalue weighted by molar-refractivity contribution is 5.99. The Balaban J connectivity index is 1.75. The van der Waals surface area contributed by atoms with Crippen LogP contribution in [0.1, 0.15) is 36.0 Å². The van der Waals surface area contributed by atoms with Crippen molar-refractivity contribution in [2.75, 3.05) is 36.8 Å². The molecule has 21 heavy (non-hydrogen) atoms. The van der Waals surface area contributed by atoms with Gasteiger partial charge in [-0.2, -0.15) is 0 Å². The normalized spacial score (nSPS) is 23.4. The van der Waals surface area contributed by atoms with Crippen LogP contribution >= 0.6 is 0 Å². The molecule has 0 aromatic heterocycles. The Morgan fingerprint density at radius 3 is 2.62 bits per heavy atom. The number of carbonyl (C=O) groups excluding carboxylic acids is 1. The zero-order chi connectivity index (χ0) is 14.8. The third kappa shape index (κ3) is 2.97. The summed E-state index contributed by atoms with van der Waals surface area (Å²) >= 11 is 0. The number of carbonyl (C=O) groups is 1. The molecule has 0 spiro atoms. The van der Waals surface area contributed by atoms with Gasteiger partial charge in [0.1, 0.15) is 0 Å². The monoisotopic (exact) mass is 288 g/mol. The molecular weight excluding hydrogens is 264 g/mol. The lowest BCUT2D eigenvalue weighted by Gasteiger charge is -2.32. The van der Waals surface area contributed by atoms with E-state index in [1.807, 2.05) is 12.1 Å². The van der Waals surface area contributed by atoms with Crippen molar-refractivity contribution >= 4 is 17.3 Å². The summed E-state index contributed by atoms with van der Waals surface area (Å²) < 4.78 is 0. The van der Waals surface area contributed by atoms with E-state index in [2.05, 4.69) is 9.80 Å².